The summed E-state index contributed by atoms with van der Waals surface area (Å²) in [6.07, 6.45) is 7.07. The number of para-hydroxylation sites is 1. The van der Waals surface area contributed by atoms with Gasteiger partial charge in [0.25, 0.3) is 5.91 Å². The number of carbonyl (C=O) groups excluding carboxylic acids is 1. The maximum atomic E-state index is 11.4. The highest BCUT2D eigenvalue weighted by molar-refractivity contribution is 6.05. The highest BCUT2D eigenvalue weighted by Crippen LogP contribution is 2.32. The van der Waals surface area contributed by atoms with Crippen LogP contribution in [0.5, 0.6) is 0 Å². The van der Waals surface area contributed by atoms with E-state index in [0.717, 1.165) is 17.1 Å². The summed E-state index contributed by atoms with van der Waals surface area (Å²) in [5.74, 6) is 0.289. The third kappa shape index (κ3) is 1.40. The number of carbonyl (C=O) groups is 1. The Morgan fingerprint density at radius 1 is 1.41 bits per heavy atom. The molecule has 2 aliphatic rings. The lowest BCUT2D eigenvalue weighted by Crippen LogP contribution is -2.27. The molecule has 2 aliphatic heterocycles. The van der Waals surface area contributed by atoms with Crippen LogP contribution in [0.1, 0.15) is 15.9 Å². The molecular formula is C12H10N4O. The third-order valence-corrected chi connectivity index (χ3v) is 2.69. The van der Waals surface area contributed by atoms with Gasteiger partial charge in [-0.3, -0.25) is 9.69 Å². The first kappa shape index (κ1) is 9.65. The number of aliphatic imine (C=N–C) groups is 1. The average molecular weight is 226 g/mol. The van der Waals surface area contributed by atoms with Gasteiger partial charge in [0.1, 0.15) is 0 Å². The van der Waals surface area contributed by atoms with Gasteiger partial charge in [-0.25, -0.2) is 4.99 Å². The zero-order chi connectivity index (χ0) is 11.8. The SMILES string of the molecule is NC(=O)c1cccc2c1N1C=CNC=C1N=C2. The van der Waals surface area contributed by atoms with Crippen LogP contribution in [0.25, 0.3) is 0 Å². The van der Waals surface area contributed by atoms with Crippen LogP contribution in [-0.4, -0.2) is 12.1 Å². The molecule has 0 unspecified atom stereocenters. The number of nitrogens with one attached hydrogen (secondary N) is 1. The van der Waals surface area contributed by atoms with E-state index >= 15 is 0 Å². The second-order valence-electron chi connectivity index (χ2n) is 3.72. The zero-order valence-corrected chi connectivity index (χ0v) is 8.92. The van der Waals surface area contributed by atoms with Gasteiger partial charge in [-0.2, -0.15) is 0 Å². The molecule has 5 nitrogen and oxygen atoms in total. The molecule has 0 bridgehead atoms. The van der Waals surface area contributed by atoms with Gasteiger partial charge in [-0.1, -0.05) is 12.1 Å². The van der Waals surface area contributed by atoms with E-state index in [1.807, 2.05) is 17.2 Å². The van der Waals surface area contributed by atoms with Crippen molar-refractivity contribution in [3.05, 3.63) is 53.7 Å². The smallest absolute Gasteiger partial charge is 0.250 e. The van der Waals surface area contributed by atoms with Crippen molar-refractivity contribution in [3.63, 3.8) is 0 Å². The largest absolute Gasteiger partial charge is 0.366 e. The van der Waals surface area contributed by atoms with Crippen LogP contribution in [0, 0.1) is 0 Å². The molecule has 0 saturated heterocycles. The maximum absolute atomic E-state index is 11.4. The van der Waals surface area contributed by atoms with Crippen LogP contribution in [0.3, 0.4) is 0 Å². The molecular weight excluding hydrogens is 216 g/mol. The van der Waals surface area contributed by atoms with Crippen LogP contribution >= 0.6 is 0 Å². The number of hydrogen-bond donors (Lipinski definition) is 2. The molecule has 3 N–H and O–H groups in total. The minimum absolute atomic E-state index is 0.441. The number of nitrogens with two attached hydrogens (primary N) is 1. The first-order valence-electron chi connectivity index (χ1n) is 5.16. The Balaban J connectivity index is 2.25. The first-order chi connectivity index (χ1) is 8.27. The number of rotatable bonds is 1. The van der Waals surface area contributed by atoms with Crippen LogP contribution in [0.2, 0.25) is 0 Å². The van der Waals surface area contributed by atoms with Crippen LogP contribution in [0.4, 0.5) is 5.69 Å². The van der Waals surface area contributed by atoms with E-state index in [1.54, 1.807) is 30.7 Å². The standard InChI is InChI=1S/C12H10N4O/c13-12(17)9-3-1-2-8-6-15-10-7-14-4-5-16(10)11(8)9/h1-7,14H,(H2,13,17). The fourth-order valence-electron chi connectivity index (χ4n) is 1.94. The summed E-state index contributed by atoms with van der Waals surface area (Å²) in [6, 6.07) is 5.41. The van der Waals surface area contributed by atoms with Gasteiger partial charge < -0.3 is 11.1 Å². The Bertz CT molecular complexity index is 586. The number of benzene rings is 1. The van der Waals surface area contributed by atoms with Gasteiger partial charge in [-0.15, -0.1) is 0 Å². The summed E-state index contributed by atoms with van der Waals surface area (Å²) >= 11 is 0. The average Bonchev–Trinajstić information content (AvgIpc) is 2.37. The van der Waals surface area contributed by atoms with Crippen molar-refractivity contribution >= 4 is 17.8 Å². The molecule has 2 heterocycles. The summed E-state index contributed by atoms with van der Waals surface area (Å²) < 4.78 is 0. The van der Waals surface area contributed by atoms with E-state index in [0.29, 0.717) is 5.56 Å². The second kappa shape index (κ2) is 3.48. The fourth-order valence-corrected chi connectivity index (χ4v) is 1.94. The number of amides is 1. The van der Waals surface area contributed by atoms with E-state index in [-0.39, 0.29) is 0 Å². The van der Waals surface area contributed by atoms with Crippen molar-refractivity contribution < 1.29 is 4.79 Å². The molecule has 1 amide bonds. The molecule has 0 aromatic heterocycles. The van der Waals surface area contributed by atoms with Crippen molar-refractivity contribution in [2.75, 3.05) is 4.90 Å². The van der Waals surface area contributed by atoms with E-state index in [4.69, 9.17) is 5.73 Å². The quantitative estimate of drug-likeness (QED) is 0.747. The summed E-state index contributed by atoms with van der Waals surface area (Å²) in [5, 5.41) is 2.95. The predicted octanol–water partition coefficient (Wildman–Crippen LogP) is 0.898. The first-order valence-corrected chi connectivity index (χ1v) is 5.16. The number of hydrogen-bond acceptors (Lipinski definition) is 4. The van der Waals surface area contributed by atoms with E-state index in [2.05, 4.69) is 10.3 Å². The molecule has 3 rings (SSSR count). The second-order valence-corrected chi connectivity index (χ2v) is 3.72. The fraction of sp³-hybridized carbons (Fsp3) is 0. The minimum Gasteiger partial charge on any atom is -0.366 e. The van der Waals surface area contributed by atoms with E-state index in [9.17, 15) is 4.79 Å². The molecule has 0 spiro atoms. The summed E-state index contributed by atoms with van der Waals surface area (Å²) in [5.41, 5.74) is 7.54. The van der Waals surface area contributed by atoms with Crippen molar-refractivity contribution in [1.82, 2.24) is 5.32 Å². The van der Waals surface area contributed by atoms with Gasteiger partial charge in [0.05, 0.1) is 11.3 Å². The molecule has 0 radical (unpaired) electrons. The van der Waals surface area contributed by atoms with Gasteiger partial charge in [0.15, 0.2) is 5.82 Å². The Labute approximate surface area is 97.9 Å². The number of primary amides is 1. The molecule has 84 valence electrons. The van der Waals surface area contributed by atoms with Crippen LogP contribution in [0.15, 0.2) is 47.6 Å². The van der Waals surface area contributed by atoms with Gasteiger partial charge in [-0.05, 0) is 6.07 Å². The van der Waals surface area contributed by atoms with Crippen LogP contribution < -0.4 is 16.0 Å². The normalized spacial score (nSPS) is 15.8. The third-order valence-electron chi connectivity index (χ3n) is 2.69. The van der Waals surface area contributed by atoms with E-state index < -0.39 is 5.91 Å². The monoisotopic (exact) mass is 226 g/mol. The van der Waals surface area contributed by atoms with Crippen LogP contribution in [-0.2, 0) is 0 Å². The Morgan fingerprint density at radius 3 is 3.12 bits per heavy atom. The molecule has 17 heavy (non-hydrogen) atoms. The zero-order valence-electron chi connectivity index (χ0n) is 8.92. The lowest BCUT2D eigenvalue weighted by atomic mass is 10.0. The van der Waals surface area contributed by atoms with Crippen molar-refractivity contribution in [2.24, 2.45) is 10.7 Å². The molecule has 0 atom stereocenters. The molecule has 0 fully saturated rings. The number of anilines is 1. The number of fused-ring (bicyclic) bond motifs is 3. The molecule has 0 saturated carbocycles. The highest BCUT2D eigenvalue weighted by atomic mass is 16.1. The lowest BCUT2D eigenvalue weighted by molar-refractivity contribution is 0.100. The van der Waals surface area contributed by atoms with Crippen molar-refractivity contribution in [1.29, 1.82) is 0 Å². The Kier molecular flexibility index (Phi) is 1.98. The van der Waals surface area contributed by atoms with Gasteiger partial charge in [0, 0.05) is 30.4 Å². The van der Waals surface area contributed by atoms with Crippen molar-refractivity contribution in [3.8, 4) is 0 Å². The summed E-state index contributed by atoms with van der Waals surface area (Å²) in [7, 11) is 0. The molecule has 1 aromatic carbocycles. The molecule has 0 aliphatic carbocycles. The molecule has 1 aromatic rings. The summed E-state index contributed by atoms with van der Waals surface area (Å²) in [6.45, 7) is 0. The van der Waals surface area contributed by atoms with Gasteiger partial charge >= 0.3 is 0 Å². The Hall–Kier alpha value is -2.56. The van der Waals surface area contributed by atoms with E-state index in [1.165, 1.54) is 0 Å². The minimum atomic E-state index is -0.441. The number of nitrogens with zero attached hydrogens (tertiary/aromatic N) is 2. The molecule has 5 heteroatoms. The highest BCUT2D eigenvalue weighted by Gasteiger charge is 2.23. The topological polar surface area (TPSA) is 70.7 Å². The summed E-state index contributed by atoms with van der Waals surface area (Å²) in [4.78, 5) is 17.6. The Morgan fingerprint density at radius 2 is 2.29 bits per heavy atom. The van der Waals surface area contributed by atoms with Crippen molar-refractivity contribution in [2.45, 2.75) is 0 Å². The van der Waals surface area contributed by atoms with Gasteiger partial charge in [0.2, 0.25) is 0 Å². The predicted molar refractivity (Wildman–Crippen MR) is 65.4 cm³/mol. The maximum Gasteiger partial charge on any atom is 0.250 e. The lowest BCUT2D eigenvalue weighted by Gasteiger charge is -2.29.